The number of carbonyl (C=O) groups is 2. The van der Waals surface area contributed by atoms with E-state index in [1.165, 1.54) is 12.1 Å². The highest BCUT2D eigenvalue weighted by Gasteiger charge is 2.51. The van der Waals surface area contributed by atoms with E-state index in [1.807, 2.05) is 0 Å². The van der Waals surface area contributed by atoms with Gasteiger partial charge in [0.2, 0.25) is 5.91 Å². The molecule has 0 radical (unpaired) electrons. The number of ether oxygens (including phenoxy) is 1. The van der Waals surface area contributed by atoms with Crippen molar-refractivity contribution in [3.63, 3.8) is 0 Å². The fourth-order valence-corrected chi connectivity index (χ4v) is 5.58. The largest absolute Gasteiger partial charge is 0.444 e. The fraction of sp³-hybridized carbons (Fsp3) is 0.550. The highest BCUT2D eigenvalue weighted by atomic mass is 35.5. The lowest BCUT2D eigenvalue weighted by molar-refractivity contribution is -0.126. The molecule has 8 nitrogen and oxygen atoms in total. The third kappa shape index (κ3) is 4.55. The first-order valence-electron chi connectivity index (χ1n) is 9.60. The smallest absolute Gasteiger partial charge is 0.411 e. The number of sulfone groups is 1. The fourth-order valence-electron chi connectivity index (χ4n) is 3.36. The van der Waals surface area contributed by atoms with E-state index in [0.717, 1.165) is 4.90 Å². The van der Waals surface area contributed by atoms with Crippen LogP contribution in [0.3, 0.4) is 0 Å². The van der Waals surface area contributed by atoms with Gasteiger partial charge in [0.25, 0.3) is 0 Å². The number of rotatable bonds is 4. The predicted octanol–water partition coefficient (Wildman–Crippen LogP) is 2.66. The number of nitriles is 1. The van der Waals surface area contributed by atoms with Crippen molar-refractivity contribution < 1.29 is 22.7 Å². The van der Waals surface area contributed by atoms with Crippen LogP contribution >= 0.6 is 11.6 Å². The van der Waals surface area contributed by atoms with Crippen LogP contribution in [0.4, 0.5) is 4.79 Å². The Morgan fingerprint density at radius 2 is 1.93 bits per heavy atom. The quantitative estimate of drug-likeness (QED) is 0.749. The molecule has 2 atom stereocenters. The minimum Gasteiger partial charge on any atom is -0.444 e. The Kier molecular flexibility index (Phi) is 5.78. The van der Waals surface area contributed by atoms with Gasteiger partial charge in [-0.15, -0.1) is 0 Å². The summed E-state index contributed by atoms with van der Waals surface area (Å²) in [5.74, 6) is -0.559. The van der Waals surface area contributed by atoms with Crippen LogP contribution in [-0.4, -0.2) is 54.3 Å². The number of halogens is 1. The third-order valence-electron chi connectivity index (χ3n) is 5.10. The van der Waals surface area contributed by atoms with Crippen LogP contribution < -0.4 is 5.32 Å². The Labute approximate surface area is 181 Å². The average Bonchev–Trinajstić information content (AvgIpc) is 3.25. The van der Waals surface area contributed by atoms with E-state index >= 15 is 0 Å². The SMILES string of the molecule is CC(C)(C)OC(=O)N1C[C@H](S(=O)(=O)c2ccccc2Cl)C[C@H]1C(=O)NC1(C#N)CC1. The van der Waals surface area contributed by atoms with Gasteiger partial charge in [-0.3, -0.25) is 9.69 Å². The van der Waals surface area contributed by atoms with Crippen LogP contribution in [0.25, 0.3) is 0 Å². The Hall–Kier alpha value is -2.31. The Morgan fingerprint density at radius 1 is 1.30 bits per heavy atom. The molecule has 0 spiro atoms. The highest BCUT2D eigenvalue weighted by molar-refractivity contribution is 7.92. The molecule has 0 bridgehead atoms. The van der Waals surface area contributed by atoms with Crippen molar-refractivity contribution in [2.45, 2.75) is 67.4 Å². The molecule has 1 saturated heterocycles. The Bertz CT molecular complexity index is 1010. The third-order valence-corrected chi connectivity index (χ3v) is 7.73. The summed E-state index contributed by atoms with van der Waals surface area (Å²) in [5, 5.41) is 11.0. The van der Waals surface area contributed by atoms with Crippen molar-refractivity contribution in [3.05, 3.63) is 29.3 Å². The lowest BCUT2D eigenvalue weighted by atomic mass is 10.2. The number of hydrogen-bond acceptors (Lipinski definition) is 6. The summed E-state index contributed by atoms with van der Waals surface area (Å²) in [7, 11) is -3.91. The molecule has 2 fully saturated rings. The molecule has 30 heavy (non-hydrogen) atoms. The van der Waals surface area contributed by atoms with E-state index < -0.39 is 44.3 Å². The zero-order chi connectivity index (χ0) is 22.3. The lowest BCUT2D eigenvalue weighted by Gasteiger charge is -2.28. The van der Waals surface area contributed by atoms with Gasteiger partial charge in [-0.1, -0.05) is 23.7 Å². The summed E-state index contributed by atoms with van der Waals surface area (Å²) in [4.78, 5) is 26.7. The number of benzene rings is 1. The minimum atomic E-state index is -3.91. The maximum atomic E-state index is 13.2. The van der Waals surface area contributed by atoms with Crippen molar-refractivity contribution in [3.8, 4) is 6.07 Å². The summed E-state index contributed by atoms with van der Waals surface area (Å²) in [6.45, 7) is 4.84. The molecule has 2 amide bonds. The van der Waals surface area contributed by atoms with Gasteiger partial charge < -0.3 is 10.1 Å². The summed E-state index contributed by atoms with van der Waals surface area (Å²) in [5.41, 5.74) is -1.75. The monoisotopic (exact) mass is 453 g/mol. The summed E-state index contributed by atoms with van der Waals surface area (Å²) in [6.07, 6.45) is 0.160. The van der Waals surface area contributed by atoms with E-state index in [1.54, 1.807) is 32.9 Å². The van der Waals surface area contributed by atoms with Gasteiger partial charge in [-0.2, -0.15) is 5.26 Å². The molecule has 1 aromatic rings. The van der Waals surface area contributed by atoms with Crippen molar-refractivity contribution >= 4 is 33.4 Å². The molecule has 1 aliphatic carbocycles. The van der Waals surface area contributed by atoms with Crippen LogP contribution in [0.5, 0.6) is 0 Å². The van der Waals surface area contributed by atoms with Crippen molar-refractivity contribution in [2.75, 3.05) is 6.54 Å². The van der Waals surface area contributed by atoms with Gasteiger partial charge in [0.05, 0.1) is 21.2 Å². The van der Waals surface area contributed by atoms with Crippen molar-refractivity contribution in [1.82, 2.24) is 10.2 Å². The molecule has 0 aromatic heterocycles. The first kappa shape index (κ1) is 22.4. The minimum absolute atomic E-state index is 0.0439. The Morgan fingerprint density at radius 3 is 2.47 bits per heavy atom. The van der Waals surface area contributed by atoms with Crippen LogP contribution in [-0.2, 0) is 19.4 Å². The molecule has 3 rings (SSSR count). The summed E-state index contributed by atoms with van der Waals surface area (Å²) < 4.78 is 31.8. The molecule has 162 valence electrons. The Balaban J connectivity index is 1.89. The number of amides is 2. The van der Waals surface area contributed by atoms with E-state index in [4.69, 9.17) is 16.3 Å². The maximum Gasteiger partial charge on any atom is 0.411 e. The first-order chi connectivity index (χ1) is 13.9. The van der Waals surface area contributed by atoms with Gasteiger partial charge in [-0.25, -0.2) is 13.2 Å². The van der Waals surface area contributed by atoms with Gasteiger partial charge in [-0.05, 0) is 52.2 Å². The van der Waals surface area contributed by atoms with Crippen LogP contribution in [0.2, 0.25) is 5.02 Å². The van der Waals surface area contributed by atoms with Crippen LogP contribution in [0, 0.1) is 11.3 Å². The second-order valence-electron chi connectivity index (χ2n) is 8.66. The molecule has 1 heterocycles. The second-order valence-corrected chi connectivity index (χ2v) is 11.3. The summed E-state index contributed by atoms with van der Waals surface area (Å²) in [6, 6.07) is 7.06. The number of nitrogens with zero attached hydrogens (tertiary/aromatic N) is 2. The molecule has 1 N–H and O–H groups in total. The van der Waals surface area contributed by atoms with E-state index in [-0.39, 0.29) is 22.9 Å². The van der Waals surface area contributed by atoms with E-state index in [0.29, 0.717) is 12.8 Å². The van der Waals surface area contributed by atoms with Crippen LogP contribution in [0.1, 0.15) is 40.0 Å². The number of nitrogens with one attached hydrogen (secondary N) is 1. The zero-order valence-electron chi connectivity index (χ0n) is 17.0. The molecule has 0 unspecified atom stereocenters. The number of carbonyl (C=O) groups excluding carboxylic acids is 2. The predicted molar refractivity (Wildman–Crippen MR) is 109 cm³/mol. The topological polar surface area (TPSA) is 117 Å². The molecule has 1 aliphatic heterocycles. The normalized spacial score (nSPS) is 22.8. The summed E-state index contributed by atoms with van der Waals surface area (Å²) >= 11 is 6.09. The average molecular weight is 454 g/mol. The molecule has 10 heteroatoms. The highest BCUT2D eigenvalue weighted by Crippen LogP contribution is 2.36. The van der Waals surface area contributed by atoms with E-state index in [2.05, 4.69) is 11.4 Å². The van der Waals surface area contributed by atoms with Crippen molar-refractivity contribution in [2.24, 2.45) is 0 Å². The van der Waals surface area contributed by atoms with Gasteiger partial charge in [0, 0.05) is 6.54 Å². The first-order valence-corrected chi connectivity index (χ1v) is 11.5. The van der Waals surface area contributed by atoms with Gasteiger partial charge in [0.15, 0.2) is 9.84 Å². The second kappa shape index (κ2) is 7.75. The molecule has 2 aliphatic rings. The van der Waals surface area contributed by atoms with Crippen LogP contribution in [0.15, 0.2) is 29.2 Å². The van der Waals surface area contributed by atoms with Gasteiger partial charge >= 0.3 is 6.09 Å². The number of hydrogen-bond donors (Lipinski definition) is 1. The molecule has 1 saturated carbocycles. The zero-order valence-corrected chi connectivity index (χ0v) is 18.6. The maximum absolute atomic E-state index is 13.2. The molecule has 1 aromatic carbocycles. The van der Waals surface area contributed by atoms with Crippen molar-refractivity contribution in [1.29, 1.82) is 5.26 Å². The molecular formula is C20H24ClN3O5S. The van der Waals surface area contributed by atoms with E-state index in [9.17, 15) is 23.3 Å². The van der Waals surface area contributed by atoms with Gasteiger partial charge in [0.1, 0.15) is 17.2 Å². The lowest BCUT2D eigenvalue weighted by Crippen LogP contribution is -2.50. The standard InChI is InChI=1S/C20H24ClN3O5S/c1-19(2,3)29-18(26)24-11-13(30(27,28)16-7-5-4-6-14(16)21)10-15(24)17(25)23-20(12-22)8-9-20/h4-7,13,15H,8-11H2,1-3H3,(H,23,25)/t13-,15+/m1/s1. The number of likely N-dealkylation sites (tertiary alicyclic amines) is 1. The molecular weight excluding hydrogens is 430 g/mol.